The Morgan fingerprint density at radius 3 is 2.75 bits per heavy atom. The summed E-state index contributed by atoms with van der Waals surface area (Å²) >= 11 is 0. The molecule has 1 aromatic carbocycles. The van der Waals surface area contributed by atoms with Crippen LogP contribution in [0.15, 0.2) is 18.2 Å². The van der Waals surface area contributed by atoms with E-state index in [1.165, 1.54) is 7.11 Å². The van der Waals surface area contributed by atoms with Gasteiger partial charge in [0.1, 0.15) is 6.61 Å². The molecule has 4 nitrogen and oxygen atoms in total. The Morgan fingerprint density at radius 1 is 1.44 bits per heavy atom. The molecule has 0 N–H and O–H groups in total. The molecule has 1 rings (SSSR count). The van der Waals surface area contributed by atoms with Crippen molar-refractivity contribution in [1.82, 2.24) is 0 Å². The fourth-order valence-corrected chi connectivity index (χ4v) is 1.12. The summed E-state index contributed by atoms with van der Waals surface area (Å²) in [5.41, 5.74) is 0.492. The Bertz CT molecular complexity index is 421. The van der Waals surface area contributed by atoms with Crippen LogP contribution in [0.5, 0.6) is 11.5 Å². The average Bonchev–Trinajstić information content (AvgIpc) is 2.35. The zero-order valence-electron chi connectivity index (χ0n) is 9.32. The molecule has 0 heterocycles. The lowest BCUT2D eigenvalue weighted by Gasteiger charge is -2.09. The standard InChI is InChI=1S/C12H13NO3/c1-3-10(14)8-16-11-5-4-9(7-13)6-12(11)15-2/h4-6H,3,8H2,1-2H3. The van der Waals surface area contributed by atoms with E-state index in [2.05, 4.69) is 0 Å². The minimum absolute atomic E-state index is 0.0198. The maximum Gasteiger partial charge on any atom is 0.169 e. The second kappa shape index (κ2) is 5.76. The number of ether oxygens (including phenoxy) is 2. The highest BCUT2D eigenvalue weighted by Gasteiger charge is 2.07. The summed E-state index contributed by atoms with van der Waals surface area (Å²) in [6, 6.07) is 6.82. The van der Waals surface area contributed by atoms with Gasteiger partial charge in [0.25, 0.3) is 0 Å². The first kappa shape index (κ1) is 12.1. The van der Waals surface area contributed by atoms with Crippen molar-refractivity contribution in [3.63, 3.8) is 0 Å². The van der Waals surface area contributed by atoms with Crippen LogP contribution in [0, 0.1) is 11.3 Å². The molecule has 0 unspecified atom stereocenters. The van der Waals surface area contributed by atoms with Crippen molar-refractivity contribution in [2.45, 2.75) is 13.3 Å². The van der Waals surface area contributed by atoms with Gasteiger partial charge in [-0.2, -0.15) is 5.26 Å². The zero-order chi connectivity index (χ0) is 12.0. The summed E-state index contributed by atoms with van der Waals surface area (Å²) in [5, 5.41) is 8.70. The predicted molar refractivity (Wildman–Crippen MR) is 58.5 cm³/mol. The smallest absolute Gasteiger partial charge is 0.169 e. The van der Waals surface area contributed by atoms with Gasteiger partial charge in [0.15, 0.2) is 17.3 Å². The largest absolute Gasteiger partial charge is 0.493 e. The Kier molecular flexibility index (Phi) is 4.34. The molecule has 0 aliphatic rings. The molecule has 84 valence electrons. The number of Topliss-reactive ketones (excluding diaryl/α,β-unsaturated/α-hetero) is 1. The van der Waals surface area contributed by atoms with E-state index in [-0.39, 0.29) is 12.4 Å². The Morgan fingerprint density at radius 2 is 2.19 bits per heavy atom. The van der Waals surface area contributed by atoms with E-state index in [4.69, 9.17) is 14.7 Å². The van der Waals surface area contributed by atoms with Gasteiger partial charge in [0.05, 0.1) is 18.7 Å². The topological polar surface area (TPSA) is 59.3 Å². The molecule has 0 fully saturated rings. The average molecular weight is 219 g/mol. The fourth-order valence-electron chi connectivity index (χ4n) is 1.12. The Balaban J connectivity index is 2.80. The third kappa shape index (κ3) is 2.99. The predicted octanol–water partition coefficient (Wildman–Crippen LogP) is 1.92. The molecule has 0 saturated heterocycles. The van der Waals surface area contributed by atoms with Gasteiger partial charge in [-0.1, -0.05) is 6.92 Å². The number of methoxy groups -OCH3 is 1. The van der Waals surface area contributed by atoms with E-state index in [0.717, 1.165) is 0 Å². The van der Waals surface area contributed by atoms with Crippen LogP contribution in [-0.2, 0) is 4.79 Å². The molecule has 0 bridgehead atoms. The third-order valence-electron chi connectivity index (χ3n) is 2.08. The molecular formula is C12H13NO3. The molecule has 16 heavy (non-hydrogen) atoms. The summed E-state index contributed by atoms with van der Waals surface area (Å²) in [7, 11) is 1.49. The van der Waals surface area contributed by atoms with E-state index in [1.807, 2.05) is 6.07 Å². The van der Waals surface area contributed by atoms with Crippen LogP contribution >= 0.6 is 0 Å². The number of carbonyl (C=O) groups excluding carboxylic acids is 1. The van der Waals surface area contributed by atoms with E-state index in [1.54, 1.807) is 25.1 Å². The first-order chi connectivity index (χ1) is 7.71. The molecule has 0 spiro atoms. The van der Waals surface area contributed by atoms with Gasteiger partial charge < -0.3 is 9.47 Å². The van der Waals surface area contributed by atoms with Crippen molar-refractivity contribution in [3.8, 4) is 17.6 Å². The Labute approximate surface area is 94.4 Å². The molecule has 0 aliphatic heterocycles. The normalized spacial score (nSPS) is 9.31. The molecule has 0 aliphatic carbocycles. The maximum absolute atomic E-state index is 11.1. The van der Waals surface area contributed by atoms with Crippen molar-refractivity contribution in [3.05, 3.63) is 23.8 Å². The van der Waals surface area contributed by atoms with Crippen LogP contribution in [0.3, 0.4) is 0 Å². The first-order valence-corrected chi connectivity index (χ1v) is 4.94. The number of nitrogens with zero attached hydrogens (tertiary/aromatic N) is 1. The van der Waals surface area contributed by atoms with E-state index in [9.17, 15) is 4.79 Å². The van der Waals surface area contributed by atoms with Crippen LogP contribution < -0.4 is 9.47 Å². The van der Waals surface area contributed by atoms with Crippen molar-refractivity contribution < 1.29 is 14.3 Å². The minimum atomic E-state index is 0.0198. The molecule has 0 amide bonds. The van der Waals surface area contributed by atoms with Crippen molar-refractivity contribution in [2.24, 2.45) is 0 Å². The lowest BCUT2D eigenvalue weighted by molar-refractivity contribution is -0.120. The number of carbonyl (C=O) groups is 1. The van der Waals surface area contributed by atoms with Crippen molar-refractivity contribution >= 4 is 5.78 Å². The van der Waals surface area contributed by atoms with Crippen molar-refractivity contribution in [1.29, 1.82) is 5.26 Å². The van der Waals surface area contributed by atoms with Crippen LogP contribution in [0.4, 0.5) is 0 Å². The van der Waals surface area contributed by atoms with E-state index < -0.39 is 0 Å². The minimum Gasteiger partial charge on any atom is -0.493 e. The summed E-state index contributed by atoms with van der Waals surface area (Å²) in [4.78, 5) is 11.1. The molecule has 1 aromatic rings. The number of hydrogen-bond acceptors (Lipinski definition) is 4. The maximum atomic E-state index is 11.1. The SMILES string of the molecule is CCC(=O)COc1ccc(C#N)cc1OC. The molecule has 0 saturated carbocycles. The van der Waals surface area contributed by atoms with Gasteiger partial charge in [-0.25, -0.2) is 0 Å². The molecule has 4 heteroatoms. The number of ketones is 1. The van der Waals surface area contributed by atoms with Crippen molar-refractivity contribution in [2.75, 3.05) is 13.7 Å². The Hall–Kier alpha value is -2.02. The first-order valence-electron chi connectivity index (χ1n) is 4.94. The second-order valence-corrected chi connectivity index (χ2v) is 3.16. The third-order valence-corrected chi connectivity index (χ3v) is 2.08. The van der Waals surface area contributed by atoms with Gasteiger partial charge in [0.2, 0.25) is 0 Å². The summed E-state index contributed by atoms with van der Waals surface area (Å²) in [5.74, 6) is 0.956. The van der Waals surface area contributed by atoms with Gasteiger partial charge in [-0.05, 0) is 12.1 Å². The molecular weight excluding hydrogens is 206 g/mol. The highest BCUT2D eigenvalue weighted by atomic mass is 16.5. The van der Waals surface area contributed by atoms with Gasteiger partial charge >= 0.3 is 0 Å². The number of benzene rings is 1. The number of hydrogen-bond donors (Lipinski definition) is 0. The van der Waals surface area contributed by atoms with Crippen LogP contribution in [0.1, 0.15) is 18.9 Å². The highest BCUT2D eigenvalue weighted by molar-refractivity contribution is 5.79. The lowest BCUT2D eigenvalue weighted by atomic mass is 10.2. The van der Waals surface area contributed by atoms with E-state index in [0.29, 0.717) is 23.5 Å². The summed E-state index contributed by atoms with van der Waals surface area (Å²) in [6.07, 6.45) is 0.443. The van der Waals surface area contributed by atoms with Crippen LogP contribution in [0.2, 0.25) is 0 Å². The van der Waals surface area contributed by atoms with Crippen LogP contribution in [0.25, 0.3) is 0 Å². The summed E-state index contributed by atoms with van der Waals surface area (Å²) in [6.45, 7) is 1.81. The summed E-state index contributed by atoms with van der Waals surface area (Å²) < 4.78 is 10.4. The number of nitriles is 1. The second-order valence-electron chi connectivity index (χ2n) is 3.16. The highest BCUT2D eigenvalue weighted by Crippen LogP contribution is 2.27. The lowest BCUT2D eigenvalue weighted by Crippen LogP contribution is -2.10. The fraction of sp³-hybridized carbons (Fsp3) is 0.333. The van der Waals surface area contributed by atoms with Gasteiger partial charge in [-0.15, -0.1) is 0 Å². The van der Waals surface area contributed by atoms with E-state index >= 15 is 0 Å². The monoisotopic (exact) mass is 219 g/mol. The van der Waals surface area contributed by atoms with Crippen LogP contribution in [-0.4, -0.2) is 19.5 Å². The zero-order valence-corrected chi connectivity index (χ0v) is 9.32. The quantitative estimate of drug-likeness (QED) is 0.759. The molecule has 0 aromatic heterocycles. The van der Waals surface area contributed by atoms with Gasteiger partial charge in [-0.3, -0.25) is 4.79 Å². The molecule has 0 atom stereocenters. The number of rotatable bonds is 5. The van der Waals surface area contributed by atoms with Gasteiger partial charge in [0, 0.05) is 12.5 Å². The molecule has 0 radical (unpaired) electrons.